The van der Waals surface area contributed by atoms with Crippen molar-refractivity contribution in [1.29, 1.82) is 0 Å². The van der Waals surface area contributed by atoms with Crippen LogP contribution >= 0.6 is 0 Å². The Bertz CT molecular complexity index is 838. The molecule has 2 aromatic rings. The molecule has 0 radical (unpaired) electrons. The van der Waals surface area contributed by atoms with Crippen LogP contribution in [0.15, 0.2) is 24.4 Å². The average Bonchev–Trinajstić information content (AvgIpc) is 3.36. The summed E-state index contributed by atoms with van der Waals surface area (Å²) in [7, 11) is 1.54. The summed E-state index contributed by atoms with van der Waals surface area (Å²) in [5.41, 5.74) is 1.74. The van der Waals surface area contributed by atoms with Crippen molar-refractivity contribution in [3.8, 4) is 5.88 Å². The van der Waals surface area contributed by atoms with E-state index in [2.05, 4.69) is 25.8 Å². The van der Waals surface area contributed by atoms with Gasteiger partial charge in [0.1, 0.15) is 6.10 Å². The normalized spacial score (nSPS) is 18.3. The number of amides is 2. The molecule has 1 aliphatic carbocycles. The van der Waals surface area contributed by atoms with E-state index >= 15 is 0 Å². The number of aromatic amines is 1. The largest absolute Gasteiger partial charge is 0.481 e. The third kappa shape index (κ3) is 5.94. The number of aromatic nitrogens is 3. The number of rotatable bonds is 8. The first-order valence-electron chi connectivity index (χ1n) is 9.86. The van der Waals surface area contributed by atoms with Gasteiger partial charge in [-0.1, -0.05) is 6.92 Å². The number of hydrogen-bond donors (Lipinski definition) is 3. The highest BCUT2D eigenvalue weighted by Crippen LogP contribution is 2.35. The highest BCUT2D eigenvalue weighted by Gasteiger charge is 2.30. The van der Waals surface area contributed by atoms with E-state index < -0.39 is 0 Å². The molecular formula is C20H27N5O4. The van der Waals surface area contributed by atoms with E-state index in [1.807, 2.05) is 13.0 Å². The number of pyridine rings is 1. The van der Waals surface area contributed by atoms with Crippen LogP contribution in [0.3, 0.4) is 0 Å². The lowest BCUT2D eigenvalue weighted by molar-refractivity contribution is -0.115. The predicted octanol–water partition coefficient (Wildman–Crippen LogP) is 2.77. The molecule has 0 unspecified atom stereocenters. The second-order valence-corrected chi connectivity index (χ2v) is 7.10. The molecule has 0 aliphatic heterocycles. The zero-order valence-electron chi connectivity index (χ0n) is 16.7. The molecule has 0 aromatic carbocycles. The van der Waals surface area contributed by atoms with Crippen molar-refractivity contribution in [2.45, 2.75) is 51.0 Å². The maximum Gasteiger partial charge on any atom is 0.407 e. The van der Waals surface area contributed by atoms with Crippen LogP contribution in [-0.4, -0.2) is 46.9 Å². The Hall–Kier alpha value is -3.10. The monoisotopic (exact) mass is 401 g/mol. The summed E-state index contributed by atoms with van der Waals surface area (Å²) < 4.78 is 10.5. The molecule has 9 nitrogen and oxygen atoms in total. The van der Waals surface area contributed by atoms with Gasteiger partial charge < -0.3 is 20.1 Å². The van der Waals surface area contributed by atoms with Crippen molar-refractivity contribution in [2.75, 3.05) is 19.0 Å². The highest BCUT2D eigenvalue weighted by atomic mass is 16.6. The maximum atomic E-state index is 12.3. The molecule has 156 valence electrons. The molecule has 1 saturated carbocycles. The molecule has 0 saturated heterocycles. The number of anilines is 1. The Labute approximate surface area is 169 Å². The Kier molecular flexibility index (Phi) is 7.04. The van der Waals surface area contributed by atoms with Crippen molar-refractivity contribution < 1.29 is 19.1 Å². The van der Waals surface area contributed by atoms with E-state index in [0.29, 0.717) is 18.2 Å². The van der Waals surface area contributed by atoms with Gasteiger partial charge in [0.2, 0.25) is 11.8 Å². The van der Waals surface area contributed by atoms with E-state index in [9.17, 15) is 9.59 Å². The summed E-state index contributed by atoms with van der Waals surface area (Å²) in [4.78, 5) is 28.0. The summed E-state index contributed by atoms with van der Waals surface area (Å²) in [6.45, 7) is 2.61. The molecule has 2 amide bonds. The van der Waals surface area contributed by atoms with Crippen molar-refractivity contribution in [2.24, 2.45) is 0 Å². The molecule has 1 fully saturated rings. The minimum atomic E-state index is -0.359. The predicted molar refractivity (Wildman–Crippen MR) is 107 cm³/mol. The molecule has 9 heteroatoms. The van der Waals surface area contributed by atoms with E-state index in [4.69, 9.17) is 9.47 Å². The van der Waals surface area contributed by atoms with Gasteiger partial charge >= 0.3 is 6.09 Å². The molecule has 1 aliphatic rings. The van der Waals surface area contributed by atoms with Gasteiger partial charge in [-0.25, -0.2) is 9.78 Å². The Morgan fingerprint density at radius 3 is 2.97 bits per heavy atom. The first kappa shape index (κ1) is 20.6. The van der Waals surface area contributed by atoms with E-state index in [1.165, 1.54) is 7.11 Å². The second-order valence-electron chi connectivity index (χ2n) is 7.10. The van der Waals surface area contributed by atoms with Gasteiger partial charge in [0.05, 0.1) is 13.5 Å². The smallest absolute Gasteiger partial charge is 0.407 e. The van der Waals surface area contributed by atoms with Crippen LogP contribution in [0.4, 0.5) is 10.6 Å². The molecule has 0 spiro atoms. The summed E-state index contributed by atoms with van der Waals surface area (Å²) >= 11 is 0. The number of nitrogens with one attached hydrogen (secondary N) is 3. The molecule has 2 atom stereocenters. The van der Waals surface area contributed by atoms with Gasteiger partial charge in [-0.05, 0) is 37.3 Å². The van der Waals surface area contributed by atoms with Gasteiger partial charge in [0.15, 0.2) is 5.82 Å². The third-order valence-corrected chi connectivity index (χ3v) is 4.86. The van der Waals surface area contributed by atoms with Gasteiger partial charge in [-0.3, -0.25) is 9.89 Å². The van der Waals surface area contributed by atoms with Crippen molar-refractivity contribution in [3.05, 3.63) is 35.7 Å². The topological polar surface area (TPSA) is 118 Å². The number of hydrogen-bond acceptors (Lipinski definition) is 6. The lowest BCUT2D eigenvalue weighted by atomic mass is 10.0. The van der Waals surface area contributed by atoms with Crippen LogP contribution in [0, 0.1) is 0 Å². The number of ether oxygens (including phenoxy) is 2. The molecule has 2 aromatic heterocycles. The minimum absolute atomic E-state index is 0.0973. The minimum Gasteiger partial charge on any atom is -0.481 e. The maximum absolute atomic E-state index is 12.3. The lowest BCUT2D eigenvalue weighted by Crippen LogP contribution is -2.28. The van der Waals surface area contributed by atoms with Crippen LogP contribution in [0.5, 0.6) is 5.88 Å². The fourth-order valence-corrected chi connectivity index (χ4v) is 3.40. The SMILES string of the molecule is CCCNC(=O)O[C@H]1CC[C@@H](c2cc(NC(=O)Cc3ccnc(OC)c3)n[nH]2)C1. The van der Waals surface area contributed by atoms with Crippen molar-refractivity contribution in [3.63, 3.8) is 0 Å². The highest BCUT2D eigenvalue weighted by molar-refractivity contribution is 5.91. The Balaban J connectivity index is 1.49. The summed E-state index contributed by atoms with van der Waals surface area (Å²) in [5, 5.41) is 12.7. The molecule has 3 rings (SSSR count). The zero-order valence-corrected chi connectivity index (χ0v) is 16.7. The Morgan fingerprint density at radius 2 is 2.17 bits per heavy atom. The van der Waals surface area contributed by atoms with Crippen molar-refractivity contribution >= 4 is 17.8 Å². The number of H-pyrrole nitrogens is 1. The lowest BCUT2D eigenvalue weighted by Gasteiger charge is -2.12. The molecular weight excluding hydrogens is 374 g/mol. The molecule has 0 bridgehead atoms. The summed E-state index contributed by atoms with van der Waals surface area (Å²) in [5.74, 6) is 1.01. The van der Waals surface area contributed by atoms with Gasteiger partial charge in [-0.15, -0.1) is 0 Å². The Morgan fingerprint density at radius 1 is 1.31 bits per heavy atom. The average molecular weight is 401 g/mol. The van der Waals surface area contributed by atoms with Crippen molar-refractivity contribution in [1.82, 2.24) is 20.5 Å². The second kappa shape index (κ2) is 9.90. The molecule has 29 heavy (non-hydrogen) atoms. The van der Waals surface area contributed by atoms with Crippen LogP contribution in [-0.2, 0) is 16.0 Å². The van der Waals surface area contributed by atoms with Crippen LogP contribution in [0.1, 0.15) is 49.8 Å². The fourth-order valence-electron chi connectivity index (χ4n) is 3.40. The zero-order chi connectivity index (χ0) is 20.6. The number of carbonyl (C=O) groups is 2. The first-order chi connectivity index (χ1) is 14.1. The standard InChI is InChI=1S/C20H27N5O4/c1-3-7-22-20(27)29-15-5-4-14(11-15)16-12-17(25-24-16)23-18(26)9-13-6-8-21-19(10-13)28-2/h6,8,10,12,14-15H,3-5,7,9,11H2,1-2H3,(H,22,27)(H2,23,24,25,26)/t14-,15+/m1/s1. The first-order valence-corrected chi connectivity index (χ1v) is 9.86. The summed E-state index contributed by atoms with van der Waals surface area (Å²) in [6.07, 6.45) is 4.68. The number of nitrogens with zero attached hydrogens (tertiary/aromatic N) is 2. The van der Waals surface area contributed by atoms with Crippen LogP contribution in [0.2, 0.25) is 0 Å². The summed E-state index contributed by atoms with van der Waals surface area (Å²) in [6, 6.07) is 5.34. The molecule has 3 N–H and O–H groups in total. The van der Waals surface area contributed by atoms with E-state index in [0.717, 1.165) is 36.9 Å². The van der Waals surface area contributed by atoms with Gasteiger partial charge in [0.25, 0.3) is 0 Å². The number of carbonyl (C=O) groups excluding carboxylic acids is 2. The van der Waals surface area contributed by atoms with Gasteiger partial charge in [-0.2, -0.15) is 5.10 Å². The van der Waals surface area contributed by atoms with Crippen LogP contribution < -0.4 is 15.4 Å². The van der Waals surface area contributed by atoms with Crippen LogP contribution in [0.25, 0.3) is 0 Å². The number of methoxy groups -OCH3 is 1. The van der Waals surface area contributed by atoms with E-state index in [1.54, 1.807) is 18.3 Å². The molecule has 2 heterocycles. The van der Waals surface area contributed by atoms with Gasteiger partial charge in [0, 0.05) is 36.5 Å². The third-order valence-electron chi connectivity index (χ3n) is 4.86. The van der Waals surface area contributed by atoms with E-state index in [-0.39, 0.29) is 30.4 Å². The number of alkyl carbamates (subject to hydrolysis) is 1. The quantitative estimate of drug-likeness (QED) is 0.626. The fraction of sp³-hybridized carbons (Fsp3) is 0.500.